The molecule has 1 saturated heterocycles. The first-order valence-corrected chi connectivity index (χ1v) is 9.21. The third-order valence-corrected chi connectivity index (χ3v) is 4.93. The van der Waals surface area contributed by atoms with Gasteiger partial charge in [-0.15, -0.1) is 0 Å². The van der Waals surface area contributed by atoms with E-state index in [0.29, 0.717) is 11.4 Å². The number of aryl methyl sites for hydroxylation is 1. The minimum absolute atomic E-state index is 0.137. The summed E-state index contributed by atoms with van der Waals surface area (Å²) >= 11 is 5.94. The number of carbonyl (C=O) groups excluding carboxylic acids is 1. The first-order valence-electron chi connectivity index (χ1n) is 8.83. The van der Waals surface area contributed by atoms with Gasteiger partial charge in [0.2, 0.25) is 5.91 Å². The molecule has 0 saturated carbocycles. The molecule has 1 aromatic heterocycles. The normalized spacial score (nSPS) is 16.8. The van der Waals surface area contributed by atoms with Crippen molar-refractivity contribution in [2.45, 2.75) is 32.9 Å². The monoisotopic (exact) mass is 360 g/mol. The molecule has 1 aromatic carbocycles. The Bertz CT molecular complexity index is 722. The average Bonchev–Trinajstić information content (AvgIpc) is 3.02. The largest absolute Gasteiger partial charge is 0.338 e. The molecule has 5 nitrogen and oxygen atoms in total. The lowest BCUT2D eigenvalue weighted by atomic mass is 10.1. The predicted molar refractivity (Wildman–Crippen MR) is 99.6 cm³/mol. The average molecular weight is 361 g/mol. The molecule has 0 radical (unpaired) electrons. The zero-order valence-electron chi connectivity index (χ0n) is 14.9. The smallest absolute Gasteiger partial charge is 0.247 e. The number of amides is 1. The van der Waals surface area contributed by atoms with Gasteiger partial charge in [-0.2, -0.15) is 5.10 Å². The van der Waals surface area contributed by atoms with Crippen LogP contribution in [0.3, 0.4) is 0 Å². The van der Waals surface area contributed by atoms with Gasteiger partial charge >= 0.3 is 0 Å². The van der Waals surface area contributed by atoms with E-state index in [1.165, 1.54) is 11.1 Å². The van der Waals surface area contributed by atoms with Crippen LogP contribution < -0.4 is 0 Å². The van der Waals surface area contributed by atoms with Crippen LogP contribution in [0.5, 0.6) is 0 Å². The predicted octanol–water partition coefficient (Wildman–Crippen LogP) is 3.14. The van der Waals surface area contributed by atoms with E-state index < -0.39 is 0 Å². The molecule has 1 amide bonds. The van der Waals surface area contributed by atoms with Gasteiger partial charge in [0.05, 0.1) is 11.2 Å². The Balaban J connectivity index is 1.56. The van der Waals surface area contributed by atoms with Gasteiger partial charge < -0.3 is 4.90 Å². The summed E-state index contributed by atoms with van der Waals surface area (Å²) in [7, 11) is 0. The van der Waals surface area contributed by atoms with Crippen molar-refractivity contribution in [3.8, 4) is 0 Å². The van der Waals surface area contributed by atoms with E-state index in [0.717, 1.165) is 32.7 Å². The maximum Gasteiger partial charge on any atom is 0.247 e. The number of piperazine rings is 1. The number of nitrogens with zero attached hydrogens (tertiary/aromatic N) is 4. The highest BCUT2D eigenvalue weighted by Crippen LogP contribution is 2.19. The number of rotatable bonds is 5. The number of hydrogen-bond acceptors (Lipinski definition) is 3. The lowest BCUT2D eigenvalue weighted by Crippen LogP contribution is -2.50. The van der Waals surface area contributed by atoms with Crippen LogP contribution in [0, 0.1) is 6.92 Å². The van der Waals surface area contributed by atoms with Crippen LogP contribution in [0.2, 0.25) is 5.02 Å². The van der Waals surface area contributed by atoms with E-state index in [1.807, 2.05) is 11.8 Å². The topological polar surface area (TPSA) is 41.4 Å². The third-order valence-electron chi connectivity index (χ3n) is 4.73. The standard InChI is InChI=1S/C19H25ClN4O/c1-3-18(24-14-17(20)12-21-24)19(25)23-9-7-22(8-10-23)13-16-6-4-5-15(2)11-16/h4-6,11-12,14,18H,3,7-10,13H2,1-2H3. The highest BCUT2D eigenvalue weighted by Gasteiger charge is 2.28. The van der Waals surface area contributed by atoms with Crippen molar-refractivity contribution in [1.29, 1.82) is 0 Å². The first kappa shape index (κ1) is 18.0. The Morgan fingerprint density at radius 1 is 1.28 bits per heavy atom. The molecule has 2 heterocycles. The van der Waals surface area contributed by atoms with Crippen molar-refractivity contribution in [2.75, 3.05) is 26.2 Å². The molecule has 25 heavy (non-hydrogen) atoms. The van der Waals surface area contributed by atoms with E-state index in [9.17, 15) is 4.79 Å². The zero-order valence-corrected chi connectivity index (χ0v) is 15.6. The van der Waals surface area contributed by atoms with E-state index in [1.54, 1.807) is 17.1 Å². The fourth-order valence-electron chi connectivity index (χ4n) is 3.37. The molecule has 2 aromatic rings. The van der Waals surface area contributed by atoms with Gasteiger partial charge in [0.25, 0.3) is 0 Å². The van der Waals surface area contributed by atoms with Crippen molar-refractivity contribution < 1.29 is 4.79 Å². The molecule has 0 bridgehead atoms. The Morgan fingerprint density at radius 2 is 2.04 bits per heavy atom. The van der Waals surface area contributed by atoms with Crippen LogP contribution in [0.4, 0.5) is 0 Å². The highest BCUT2D eigenvalue weighted by molar-refractivity contribution is 6.30. The lowest BCUT2D eigenvalue weighted by Gasteiger charge is -2.36. The van der Waals surface area contributed by atoms with Gasteiger partial charge in [-0.3, -0.25) is 14.4 Å². The van der Waals surface area contributed by atoms with Gasteiger partial charge in [-0.05, 0) is 18.9 Å². The summed E-state index contributed by atoms with van der Waals surface area (Å²) in [6.07, 6.45) is 4.01. The summed E-state index contributed by atoms with van der Waals surface area (Å²) in [6, 6.07) is 8.35. The second-order valence-corrected chi connectivity index (χ2v) is 7.09. The molecular formula is C19H25ClN4O. The van der Waals surface area contributed by atoms with Crippen molar-refractivity contribution in [1.82, 2.24) is 19.6 Å². The quantitative estimate of drug-likeness (QED) is 0.822. The summed E-state index contributed by atoms with van der Waals surface area (Å²) in [5, 5.41) is 4.77. The van der Waals surface area contributed by atoms with Crippen molar-refractivity contribution in [2.24, 2.45) is 0 Å². The molecule has 1 atom stereocenters. The van der Waals surface area contributed by atoms with Crippen LogP contribution in [-0.2, 0) is 11.3 Å². The third kappa shape index (κ3) is 4.41. The number of carbonyl (C=O) groups is 1. The first-order chi connectivity index (χ1) is 12.1. The SMILES string of the molecule is CCC(C(=O)N1CCN(Cc2cccc(C)c2)CC1)n1cc(Cl)cn1. The van der Waals surface area contributed by atoms with Gasteiger partial charge in [0.15, 0.2) is 0 Å². The Morgan fingerprint density at radius 3 is 2.64 bits per heavy atom. The highest BCUT2D eigenvalue weighted by atomic mass is 35.5. The maximum atomic E-state index is 12.9. The summed E-state index contributed by atoms with van der Waals surface area (Å²) < 4.78 is 1.68. The van der Waals surface area contributed by atoms with Gasteiger partial charge in [-0.1, -0.05) is 48.4 Å². The summed E-state index contributed by atoms with van der Waals surface area (Å²) in [5.74, 6) is 0.137. The van der Waals surface area contributed by atoms with E-state index in [2.05, 4.69) is 41.2 Å². The molecular weight excluding hydrogens is 336 g/mol. The van der Waals surface area contributed by atoms with Crippen LogP contribution >= 0.6 is 11.6 Å². The molecule has 134 valence electrons. The Hall–Kier alpha value is -1.85. The van der Waals surface area contributed by atoms with E-state index in [-0.39, 0.29) is 11.9 Å². The van der Waals surface area contributed by atoms with Gasteiger partial charge in [0.1, 0.15) is 6.04 Å². The number of benzene rings is 1. The van der Waals surface area contributed by atoms with Crippen molar-refractivity contribution in [3.63, 3.8) is 0 Å². The van der Waals surface area contributed by atoms with Gasteiger partial charge in [-0.25, -0.2) is 0 Å². The molecule has 1 unspecified atom stereocenters. The second-order valence-electron chi connectivity index (χ2n) is 6.65. The number of halogens is 1. The zero-order chi connectivity index (χ0) is 17.8. The van der Waals surface area contributed by atoms with Crippen molar-refractivity contribution in [3.05, 3.63) is 52.8 Å². The molecule has 1 fully saturated rings. The summed E-state index contributed by atoms with van der Waals surface area (Å²) in [5.41, 5.74) is 2.62. The van der Waals surface area contributed by atoms with Crippen LogP contribution in [-0.4, -0.2) is 51.7 Å². The Labute approximate surface area is 154 Å². The maximum absolute atomic E-state index is 12.9. The molecule has 0 spiro atoms. The lowest BCUT2D eigenvalue weighted by molar-refractivity contribution is -0.137. The van der Waals surface area contributed by atoms with Crippen molar-refractivity contribution >= 4 is 17.5 Å². The minimum Gasteiger partial charge on any atom is -0.338 e. The molecule has 0 aliphatic carbocycles. The van der Waals surface area contributed by atoms with E-state index >= 15 is 0 Å². The fraction of sp³-hybridized carbons (Fsp3) is 0.474. The molecule has 0 N–H and O–H groups in total. The summed E-state index contributed by atoms with van der Waals surface area (Å²) in [4.78, 5) is 17.2. The number of aromatic nitrogens is 2. The molecule has 3 rings (SSSR count). The Kier molecular flexibility index (Phi) is 5.76. The molecule has 1 aliphatic rings. The minimum atomic E-state index is -0.268. The van der Waals surface area contributed by atoms with Crippen LogP contribution in [0.15, 0.2) is 36.7 Å². The van der Waals surface area contributed by atoms with Crippen LogP contribution in [0.25, 0.3) is 0 Å². The van der Waals surface area contributed by atoms with Crippen LogP contribution in [0.1, 0.15) is 30.5 Å². The fourth-order valence-corrected chi connectivity index (χ4v) is 3.51. The van der Waals surface area contributed by atoms with E-state index in [4.69, 9.17) is 11.6 Å². The molecule has 6 heteroatoms. The summed E-state index contributed by atoms with van der Waals surface area (Å²) in [6.45, 7) is 8.38. The van der Waals surface area contributed by atoms with Gasteiger partial charge in [0, 0.05) is 38.9 Å². The molecule has 1 aliphatic heterocycles. The second kappa shape index (κ2) is 8.02. The number of hydrogen-bond donors (Lipinski definition) is 0.